The monoisotopic (exact) mass is 300 g/mol. The molecule has 9 heteroatoms. The van der Waals surface area contributed by atoms with E-state index in [1.165, 1.54) is 0 Å². The van der Waals surface area contributed by atoms with E-state index in [0.29, 0.717) is 0 Å². The van der Waals surface area contributed by atoms with Crippen LogP contribution >= 0.6 is 0 Å². The summed E-state index contributed by atoms with van der Waals surface area (Å²) in [5.41, 5.74) is 0.793. The summed E-state index contributed by atoms with van der Waals surface area (Å²) in [7, 11) is 0. The highest BCUT2D eigenvalue weighted by molar-refractivity contribution is 5.78. The van der Waals surface area contributed by atoms with Crippen LogP contribution in [0.4, 0.5) is 13.2 Å². The Bertz CT molecular complexity index is 598. The number of amides is 1. The summed E-state index contributed by atoms with van der Waals surface area (Å²) < 4.78 is 40.7. The van der Waals surface area contributed by atoms with Crippen LogP contribution in [0.3, 0.4) is 0 Å². The second-order valence-electron chi connectivity index (χ2n) is 4.15. The summed E-state index contributed by atoms with van der Waals surface area (Å²) >= 11 is 0. The molecule has 0 saturated heterocycles. The topological polar surface area (TPSA) is 80.9 Å². The molecule has 6 nitrogen and oxygen atoms in total. The van der Waals surface area contributed by atoms with Gasteiger partial charge in [0.05, 0.1) is 6.42 Å². The molecule has 21 heavy (non-hydrogen) atoms. The molecule has 0 aliphatic heterocycles. The molecule has 2 aromatic heterocycles. The highest BCUT2D eigenvalue weighted by atomic mass is 19.4. The number of hydrogen-bond donors (Lipinski definition) is 1. The Balaban J connectivity index is 1.77. The number of carbonyl (C=O) groups excluding carboxylic acids is 1. The van der Waals surface area contributed by atoms with Crippen molar-refractivity contribution < 1.29 is 22.5 Å². The molecule has 1 N–H and O–H groups in total. The van der Waals surface area contributed by atoms with Crippen molar-refractivity contribution in [3.05, 3.63) is 41.8 Å². The zero-order valence-electron chi connectivity index (χ0n) is 10.7. The van der Waals surface area contributed by atoms with Gasteiger partial charge in [-0.3, -0.25) is 9.78 Å². The Kier molecular flexibility index (Phi) is 4.51. The number of hydrogen-bond acceptors (Lipinski definition) is 5. The van der Waals surface area contributed by atoms with Gasteiger partial charge in [-0.2, -0.15) is 18.2 Å². The lowest BCUT2D eigenvalue weighted by Gasteiger charge is -2.03. The van der Waals surface area contributed by atoms with Gasteiger partial charge in [-0.25, -0.2) is 0 Å². The van der Waals surface area contributed by atoms with Crippen LogP contribution in [0.2, 0.25) is 0 Å². The first-order chi connectivity index (χ1) is 9.95. The second-order valence-corrected chi connectivity index (χ2v) is 4.15. The van der Waals surface area contributed by atoms with E-state index < -0.39 is 12.1 Å². The summed E-state index contributed by atoms with van der Waals surface area (Å²) in [6.45, 7) is 0.126. The Hall–Kier alpha value is -2.45. The lowest BCUT2D eigenvalue weighted by atomic mass is 10.2. The molecule has 0 bridgehead atoms. The van der Waals surface area contributed by atoms with E-state index in [0.717, 1.165) is 5.56 Å². The molecule has 0 aromatic carbocycles. The Morgan fingerprint density at radius 3 is 2.62 bits per heavy atom. The largest absolute Gasteiger partial charge is 0.471 e. The first kappa shape index (κ1) is 14.9. The predicted molar refractivity (Wildman–Crippen MR) is 64.0 cm³/mol. The van der Waals surface area contributed by atoms with Crippen molar-refractivity contribution >= 4 is 5.91 Å². The highest BCUT2D eigenvalue weighted by Gasteiger charge is 2.38. The maximum atomic E-state index is 12.2. The maximum absolute atomic E-state index is 12.2. The fourth-order valence-corrected chi connectivity index (χ4v) is 1.53. The number of halogens is 3. The molecular weight excluding hydrogens is 289 g/mol. The minimum Gasteiger partial charge on any atom is -0.355 e. The van der Waals surface area contributed by atoms with Crippen LogP contribution in [0.1, 0.15) is 17.3 Å². The van der Waals surface area contributed by atoms with Crippen LogP contribution in [0.15, 0.2) is 29.0 Å². The standard InChI is InChI=1S/C12H11F3N4O2/c13-12(14,15)11-18-9(19-21-11)3-6-17-10(20)7-8-1-4-16-5-2-8/h1-2,4-5H,3,6-7H2,(H,17,20). The van der Waals surface area contributed by atoms with Gasteiger partial charge in [-0.15, -0.1) is 0 Å². The van der Waals surface area contributed by atoms with Crippen molar-refractivity contribution in [2.75, 3.05) is 6.54 Å². The lowest BCUT2D eigenvalue weighted by Crippen LogP contribution is -2.27. The molecule has 0 saturated carbocycles. The number of rotatable bonds is 5. The lowest BCUT2D eigenvalue weighted by molar-refractivity contribution is -0.159. The molecule has 0 radical (unpaired) electrons. The van der Waals surface area contributed by atoms with E-state index >= 15 is 0 Å². The smallest absolute Gasteiger partial charge is 0.355 e. The van der Waals surface area contributed by atoms with Crippen molar-refractivity contribution in [3.63, 3.8) is 0 Å². The molecule has 2 heterocycles. The minimum atomic E-state index is -4.66. The summed E-state index contributed by atoms with van der Waals surface area (Å²) in [5.74, 6) is -1.74. The van der Waals surface area contributed by atoms with Gasteiger partial charge in [0.15, 0.2) is 5.82 Å². The number of alkyl halides is 3. The quantitative estimate of drug-likeness (QED) is 0.902. The number of nitrogens with one attached hydrogen (secondary N) is 1. The molecule has 2 rings (SSSR count). The molecule has 112 valence electrons. The second kappa shape index (κ2) is 6.33. The molecule has 2 aromatic rings. The third-order valence-electron chi connectivity index (χ3n) is 2.50. The molecule has 0 aliphatic rings. The van der Waals surface area contributed by atoms with E-state index in [9.17, 15) is 18.0 Å². The summed E-state index contributed by atoms with van der Waals surface area (Å²) in [5, 5.41) is 5.76. The van der Waals surface area contributed by atoms with Gasteiger partial charge in [-0.05, 0) is 17.7 Å². The normalized spacial score (nSPS) is 11.4. The van der Waals surface area contributed by atoms with Gasteiger partial charge in [-0.1, -0.05) is 5.16 Å². The zero-order valence-corrected chi connectivity index (χ0v) is 10.7. The average molecular weight is 300 g/mol. The van der Waals surface area contributed by atoms with E-state index in [4.69, 9.17) is 0 Å². The fraction of sp³-hybridized carbons (Fsp3) is 0.333. The van der Waals surface area contributed by atoms with Crippen LogP contribution in [-0.2, 0) is 23.8 Å². The number of aromatic nitrogens is 3. The third-order valence-corrected chi connectivity index (χ3v) is 2.50. The van der Waals surface area contributed by atoms with Crippen molar-refractivity contribution in [2.24, 2.45) is 0 Å². The molecule has 0 unspecified atom stereocenters. The van der Waals surface area contributed by atoms with Crippen LogP contribution in [0.5, 0.6) is 0 Å². The molecule has 1 amide bonds. The van der Waals surface area contributed by atoms with Crippen LogP contribution < -0.4 is 5.32 Å². The zero-order chi connectivity index (χ0) is 15.3. The van der Waals surface area contributed by atoms with Crippen LogP contribution in [0.25, 0.3) is 0 Å². The van der Waals surface area contributed by atoms with Crippen molar-refractivity contribution in [2.45, 2.75) is 19.0 Å². The van der Waals surface area contributed by atoms with E-state index in [1.54, 1.807) is 24.5 Å². The fourth-order valence-electron chi connectivity index (χ4n) is 1.53. The van der Waals surface area contributed by atoms with Gasteiger partial charge in [0, 0.05) is 25.4 Å². The van der Waals surface area contributed by atoms with Gasteiger partial charge < -0.3 is 9.84 Å². The average Bonchev–Trinajstić information content (AvgIpc) is 2.88. The van der Waals surface area contributed by atoms with Gasteiger partial charge in [0.25, 0.3) is 0 Å². The predicted octanol–water partition coefficient (Wildman–Crippen LogP) is 1.38. The number of nitrogens with zero attached hydrogens (tertiary/aromatic N) is 3. The number of pyridine rings is 1. The Labute approximate surface area is 117 Å². The molecule has 0 spiro atoms. The van der Waals surface area contributed by atoms with Gasteiger partial charge >= 0.3 is 12.1 Å². The summed E-state index contributed by atoms with van der Waals surface area (Å²) in [4.78, 5) is 18.6. The van der Waals surface area contributed by atoms with E-state index in [1.807, 2.05) is 0 Å². The van der Waals surface area contributed by atoms with Gasteiger partial charge in [0.2, 0.25) is 5.91 Å². The Morgan fingerprint density at radius 2 is 2.00 bits per heavy atom. The molecule has 0 aliphatic carbocycles. The third kappa shape index (κ3) is 4.55. The number of carbonyl (C=O) groups is 1. The van der Waals surface area contributed by atoms with Crippen LogP contribution in [-0.4, -0.2) is 27.6 Å². The molecular formula is C12H11F3N4O2. The van der Waals surface area contributed by atoms with Crippen LogP contribution in [0, 0.1) is 0 Å². The molecule has 0 fully saturated rings. The van der Waals surface area contributed by atoms with Crippen molar-refractivity contribution in [1.82, 2.24) is 20.4 Å². The van der Waals surface area contributed by atoms with E-state index in [2.05, 4.69) is 25.0 Å². The first-order valence-corrected chi connectivity index (χ1v) is 6.00. The Morgan fingerprint density at radius 1 is 1.29 bits per heavy atom. The summed E-state index contributed by atoms with van der Waals surface area (Å²) in [6, 6.07) is 3.41. The summed E-state index contributed by atoms with van der Waals surface area (Å²) in [6.07, 6.45) is -1.29. The SMILES string of the molecule is O=C(Cc1ccncc1)NCCc1noc(C(F)(F)F)n1. The molecule has 0 atom stereocenters. The van der Waals surface area contributed by atoms with Crippen molar-refractivity contribution in [3.8, 4) is 0 Å². The first-order valence-electron chi connectivity index (χ1n) is 6.00. The van der Waals surface area contributed by atoms with Gasteiger partial charge in [0.1, 0.15) is 0 Å². The highest BCUT2D eigenvalue weighted by Crippen LogP contribution is 2.27. The van der Waals surface area contributed by atoms with E-state index in [-0.39, 0.29) is 31.1 Å². The maximum Gasteiger partial charge on any atom is 0.471 e. The van der Waals surface area contributed by atoms with Crippen molar-refractivity contribution in [1.29, 1.82) is 0 Å². The minimum absolute atomic E-state index is 0.0572.